The predicted molar refractivity (Wildman–Crippen MR) is 79.5 cm³/mol. The summed E-state index contributed by atoms with van der Waals surface area (Å²) in [7, 11) is -3.71. The van der Waals surface area contributed by atoms with Crippen molar-refractivity contribution in [1.29, 1.82) is 0 Å². The number of ether oxygens (including phenoxy) is 1. The van der Waals surface area contributed by atoms with Gasteiger partial charge in [-0.05, 0) is 44.0 Å². The molecule has 7 heteroatoms. The van der Waals surface area contributed by atoms with E-state index in [-0.39, 0.29) is 4.90 Å². The van der Waals surface area contributed by atoms with Gasteiger partial charge in [-0.2, -0.15) is 0 Å². The van der Waals surface area contributed by atoms with E-state index in [0.717, 1.165) is 17.9 Å². The molecular formula is C14H19N3O3S. The lowest BCUT2D eigenvalue weighted by atomic mass is 10.1. The molecule has 0 atom stereocenters. The minimum atomic E-state index is -3.71. The second-order valence-corrected chi connectivity index (χ2v) is 6.30. The van der Waals surface area contributed by atoms with Gasteiger partial charge < -0.3 is 9.30 Å². The van der Waals surface area contributed by atoms with Crippen LogP contribution in [0.3, 0.4) is 0 Å². The first-order chi connectivity index (χ1) is 9.84. The molecule has 1 heterocycles. The molecule has 0 amide bonds. The van der Waals surface area contributed by atoms with Gasteiger partial charge in [0.1, 0.15) is 18.2 Å². The van der Waals surface area contributed by atoms with Crippen LogP contribution < -0.4 is 9.88 Å². The normalized spacial score (nSPS) is 11.6. The Kier molecular flexibility index (Phi) is 4.34. The molecule has 1 aromatic heterocycles. The Morgan fingerprint density at radius 3 is 2.62 bits per heavy atom. The zero-order valence-electron chi connectivity index (χ0n) is 12.3. The molecule has 0 saturated heterocycles. The molecule has 0 saturated carbocycles. The summed E-state index contributed by atoms with van der Waals surface area (Å²) in [6.45, 7) is 6.71. The summed E-state index contributed by atoms with van der Waals surface area (Å²) in [6, 6.07) is 3.10. The highest BCUT2D eigenvalue weighted by Gasteiger charge is 2.15. The van der Waals surface area contributed by atoms with Gasteiger partial charge in [-0.1, -0.05) is 0 Å². The Bertz CT molecular complexity index is 751. The summed E-state index contributed by atoms with van der Waals surface area (Å²) in [5, 5.41) is 5.18. The van der Waals surface area contributed by atoms with E-state index in [1.54, 1.807) is 19.2 Å². The van der Waals surface area contributed by atoms with Crippen molar-refractivity contribution in [1.82, 2.24) is 9.55 Å². The third-order valence-corrected chi connectivity index (χ3v) is 4.55. The van der Waals surface area contributed by atoms with Crippen LogP contribution in [-0.2, 0) is 23.2 Å². The van der Waals surface area contributed by atoms with Crippen LogP contribution in [0.4, 0.5) is 0 Å². The maximum atomic E-state index is 11.5. The fourth-order valence-corrected chi connectivity index (χ4v) is 2.98. The van der Waals surface area contributed by atoms with Crippen molar-refractivity contribution in [2.45, 2.75) is 38.8 Å². The van der Waals surface area contributed by atoms with Crippen LogP contribution in [-0.4, -0.2) is 18.0 Å². The molecule has 0 fully saturated rings. The van der Waals surface area contributed by atoms with E-state index in [4.69, 9.17) is 9.88 Å². The predicted octanol–water partition coefficient (Wildman–Crippen LogP) is 1.75. The molecule has 0 aliphatic heterocycles. The minimum absolute atomic E-state index is 0.127. The number of aryl methyl sites for hydroxylation is 1. The number of hydrogen-bond donors (Lipinski definition) is 1. The molecule has 0 aliphatic rings. The Morgan fingerprint density at radius 2 is 2.00 bits per heavy atom. The molecule has 6 nitrogen and oxygen atoms in total. The summed E-state index contributed by atoms with van der Waals surface area (Å²) in [5.74, 6) is 1.45. The van der Waals surface area contributed by atoms with Gasteiger partial charge in [0.25, 0.3) is 0 Å². The first-order valence-corrected chi connectivity index (χ1v) is 8.15. The second kappa shape index (κ2) is 5.87. The number of nitrogens with two attached hydrogens (primary N) is 1. The Hall–Kier alpha value is -1.86. The number of aromatic nitrogens is 2. The maximum absolute atomic E-state index is 11.5. The summed E-state index contributed by atoms with van der Waals surface area (Å²) >= 11 is 0. The Morgan fingerprint density at radius 1 is 1.29 bits per heavy atom. The SMILES string of the molecule is CCn1ccnc1COc1ccc(S(N)(=O)=O)c(C)c1C. The van der Waals surface area contributed by atoms with Crippen LogP contribution in [0.5, 0.6) is 5.75 Å². The molecule has 0 unspecified atom stereocenters. The molecule has 2 rings (SSSR count). The van der Waals surface area contributed by atoms with Gasteiger partial charge in [-0.15, -0.1) is 0 Å². The molecule has 0 spiro atoms. The van der Waals surface area contributed by atoms with Crippen molar-refractivity contribution in [3.05, 3.63) is 41.5 Å². The molecule has 0 radical (unpaired) electrons. The van der Waals surface area contributed by atoms with Gasteiger partial charge in [0.15, 0.2) is 0 Å². The standard InChI is InChI=1S/C14H19N3O3S/c1-4-17-8-7-16-14(17)9-20-12-5-6-13(21(15,18)19)11(3)10(12)2/h5-8H,4,9H2,1-3H3,(H2,15,18,19). The summed E-state index contributed by atoms with van der Waals surface area (Å²) in [6.07, 6.45) is 3.62. The highest BCUT2D eigenvalue weighted by atomic mass is 32.2. The van der Waals surface area contributed by atoms with Crippen LogP contribution in [0.15, 0.2) is 29.4 Å². The fraction of sp³-hybridized carbons (Fsp3) is 0.357. The van der Waals surface area contributed by atoms with Crippen LogP contribution in [0.25, 0.3) is 0 Å². The van der Waals surface area contributed by atoms with Crippen LogP contribution in [0, 0.1) is 13.8 Å². The third kappa shape index (κ3) is 3.25. The fourth-order valence-electron chi connectivity index (χ4n) is 2.15. The van der Waals surface area contributed by atoms with E-state index in [0.29, 0.717) is 17.9 Å². The number of sulfonamides is 1. The van der Waals surface area contributed by atoms with E-state index < -0.39 is 10.0 Å². The van der Waals surface area contributed by atoms with Crippen molar-refractivity contribution in [3.8, 4) is 5.75 Å². The maximum Gasteiger partial charge on any atom is 0.238 e. The molecular weight excluding hydrogens is 290 g/mol. The number of benzene rings is 1. The molecule has 0 bridgehead atoms. The molecule has 0 aliphatic carbocycles. The first-order valence-electron chi connectivity index (χ1n) is 6.60. The van der Waals surface area contributed by atoms with Gasteiger partial charge in [-0.25, -0.2) is 18.5 Å². The zero-order valence-corrected chi connectivity index (χ0v) is 13.1. The average molecular weight is 309 g/mol. The Labute approximate surface area is 124 Å². The van der Waals surface area contributed by atoms with E-state index >= 15 is 0 Å². The third-order valence-electron chi connectivity index (χ3n) is 3.49. The lowest BCUT2D eigenvalue weighted by Crippen LogP contribution is -2.14. The summed E-state index contributed by atoms with van der Waals surface area (Å²) in [4.78, 5) is 4.36. The lowest BCUT2D eigenvalue weighted by Gasteiger charge is -2.13. The lowest BCUT2D eigenvalue weighted by molar-refractivity contribution is 0.287. The van der Waals surface area contributed by atoms with Crippen molar-refractivity contribution >= 4 is 10.0 Å². The van der Waals surface area contributed by atoms with Crippen molar-refractivity contribution in [2.24, 2.45) is 5.14 Å². The van der Waals surface area contributed by atoms with Crippen LogP contribution in [0.2, 0.25) is 0 Å². The smallest absolute Gasteiger partial charge is 0.238 e. The van der Waals surface area contributed by atoms with E-state index in [1.807, 2.05) is 24.6 Å². The van der Waals surface area contributed by atoms with E-state index in [2.05, 4.69) is 4.98 Å². The van der Waals surface area contributed by atoms with Gasteiger partial charge in [-0.3, -0.25) is 0 Å². The number of imidazole rings is 1. The summed E-state index contributed by atoms with van der Waals surface area (Å²) < 4.78 is 30.7. The molecule has 114 valence electrons. The van der Waals surface area contributed by atoms with Gasteiger partial charge >= 0.3 is 0 Å². The molecule has 2 N–H and O–H groups in total. The summed E-state index contributed by atoms with van der Waals surface area (Å²) in [5.41, 5.74) is 1.37. The van der Waals surface area contributed by atoms with E-state index in [9.17, 15) is 8.42 Å². The first kappa shape index (κ1) is 15.5. The number of rotatable bonds is 5. The number of hydrogen-bond acceptors (Lipinski definition) is 4. The van der Waals surface area contributed by atoms with E-state index in [1.165, 1.54) is 6.07 Å². The van der Waals surface area contributed by atoms with Crippen LogP contribution in [0.1, 0.15) is 23.9 Å². The van der Waals surface area contributed by atoms with Gasteiger partial charge in [0.05, 0.1) is 4.90 Å². The van der Waals surface area contributed by atoms with Crippen molar-refractivity contribution in [3.63, 3.8) is 0 Å². The monoisotopic (exact) mass is 309 g/mol. The Balaban J connectivity index is 2.24. The molecule has 2 aromatic rings. The average Bonchev–Trinajstić information content (AvgIpc) is 2.86. The van der Waals surface area contributed by atoms with Gasteiger partial charge in [0.2, 0.25) is 10.0 Å². The minimum Gasteiger partial charge on any atom is -0.485 e. The topological polar surface area (TPSA) is 87.2 Å². The second-order valence-electron chi connectivity index (χ2n) is 4.78. The molecule has 21 heavy (non-hydrogen) atoms. The van der Waals surface area contributed by atoms with Crippen LogP contribution >= 0.6 is 0 Å². The highest BCUT2D eigenvalue weighted by Crippen LogP contribution is 2.27. The largest absolute Gasteiger partial charge is 0.485 e. The number of primary sulfonamides is 1. The quantitative estimate of drug-likeness (QED) is 0.911. The zero-order chi connectivity index (χ0) is 15.6. The van der Waals surface area contributed by atoms with Gasteiger partial charge in [0, 0.05) is 18.9 Å². The highest BCUT2D eigenvalue weighted by molar-refractivity contribution is 7.89. The number of nitrogens with zero attached hydrogens (tertiary/aromatic N) is 2. The van der Waals surface area contributed by atoms with Crippen molar-refractivity contribution in [2.75, 3.05) is 0 Å². The molecule has 1 aromatic carbocycles. The van der Waals surface area contributed by atoms with Crippen molar-refractivity contribution < 1.29 is 13.2 Å².